The number of anilines is 3. The largest absolute Gasteiger partial charge is 0.497 e. The van der Waals surface area contributed by atoms with Gasteiger partial charge in [-0.3, -0.25) is 0 Å². The fraction of sp³-hybridized carbons (Fsp3) is 0.158. The monoisotopic (exact) mass is 356 g/mol. The zero-order valence-electron chi connectivity index (χ0n) is 14.4. The molecule has 0 amide bonds. The van der Waals surface area contributed by atoms with E-state index in [1.54, 1.807) is 13.2 Å². The molecule has 0 aliphatic carbocycles. The highest BCUT2D eigenvalue weighted by molar-refractivity contribution is 5.56. The zero-order valence-corrected chi connectivity index (χ0v) is 14.4. The van der Waals surface area contributed by atoms with Crippen molar-refractivity contribution in [3.05, 3.63) is 71.4 Å². The Hall–Kier alpha value is -3.22. The van der Waals surface area contributed by atoms with Gasteiger partial charge in [-0.15, -0.1) is 0 Å². The molecule has 0 saturated carbocycles. The summed E-state index contributed by atoms with van der Waals surface area (Å²) in [5, 5.41) is 5.98. The van der Waals surface area contributed by atoms with Gasteiger partial charge in [0.15, 0.2) is 0 Å². The van der Waals surface area contributed by atoms with E-state index in [1.807, 2.05) is 31.2 Å². The third-order valence-electron chi connectivity index (χ3n) is 3.66. The molecule has 1 heterocycles. The highest BCUT2D eigenvalue weighted by Gasteiger charge is 2.08. The van der Waals surface area contributed by atoms with Gasteiger partial charge in [-0.25, -0.2) is 13.8 Å². The van der Waals surface area contributed by atoms with Crippen LogP contribution < -0.4 is 15.4 Å². The fourth-order valence-corrected chi connectivity index (χ4v) is 2.36. The van der Waals surface area contributed by atoms with Gasteiger partial charge in [-0.1, -0.05) is 12.1 Å². The Morgan fingerprint density at radius 3 is 2.46 bits per heavy atom. The molecule has 2 aromatic carbocycles. The van der Waals surface area contributed by atoms with Gasteiger partial charge in [0.05, 0.1) is 12.8 Å². The van der Waals surface area contributed by atoms with Gasteiger partial charge in [-0.05, 0) is 36.8 Å². The highest BCUT2D eigenvalue weighted by Crippen LogP contribution is 2.20. The summed E-state index contributed by atoms with van der Waals surface area (Å²) in [4.78, 5) is 8.55. The first kappa shape index (κ1) is 17.6. The molecule has 3 rings (SSSR count). The van der Waals surface area contributed by atoms with E-state index in [0.29, 0.717) is 18.1 Å². The average Bonchev–Trinajstić information content (AvgIpc) is 2.62. The minimum Gasteiger partial charge on any atom is -0.497 e. The van der Waals surface area contributed by atoms with Gasteiger partial charge < -0.3 is 15.4 Å². The molecular weight excluding hydrogens is 338 g/mol. The van der Waals surface area contributed by atoms with Crippen molar-refractivity contribution in [3.63, 3.8) is 0 Å². The smallest absolute Gasteiger partial charge is 0.229 e. The zero-order chi connectivity index (χ0) is 18.5. The number of methoxy groups -OCH3 is 1. The number of nitrogens with zero attached hydrogens (tertiary/aromatic N) is 2. The standard InChI is InChI=1S/C19H18F2N4O/c1-12-9-18(22-11-13-3-6-15(26-2)7-4-13)25-19(23-12)24-17-8-5-14(20)10-16(17)21/h3-10H,11H2,1-2H3,(H2,22,23,24,25). The molecular formula is C19H18F2N4O. The number of rotatable bonds is 6. The summed E-state index contributed by atoms with van der Waals surface area (Å²) in [6.07, 6.45) is 0. The number of hydrogen-bond donors (Lipinski definition) is 2. The summed E-state index contributed by atoms with van der Waals surface area (Å²) in [5.41, 5.74) is 1.88. The van der Waals surface area contributed by atoms with Gasteiger partial charge in [0, 0.05) is 24.4 Å². The maximum Gasteiger partial charge on any atom is 0.229 e. The summed E-state index contributed by atoms with van der Waals surface area (Å²) < 4.78 is 31.9. The Morgan fingerprint density at radius 1 is 1.00 bits per heavy atom. The third kappa shape index (κ3) is 4.44. The normalized spacial score (nSPS) is 10.5. The van der Waals surface area contributed by atoms with Gasteiger partial charge in [0.1, 0.15) is 23.2 Å². The van der Waals surface area contributed by atoms with Crippen LogP contribution in [0.3, 0.4) is 0 Å². The van der Waals surface area contributed by atoms with Crippen LogP contribution in [0.1, 0.15) is 11.3 Å². The fourth-order valence-electron chi connectivity index (χ4n) is 2.36. The van der Waals surface area contributed by atoms with Gasteiger partial charge >= 0.3 is 0 Å². The topological polar surface area (TPSA) is 59.1 Å². The summed E-state index contributed by atoms with van der Waals surface area (Å²) in [6, 6.07) is 12.7. The lowest BCUT2D eigenvalue weighted by Gasteiger charge is -2.11. The lowest BCUT2D eigenvalue weighted by molar-refractivity contribution is 0.414. The number of nitrogens with one attached hydrogen (secondary N) is 2. The molecule has 0 aliphatic rings. The Bertz CT molecular complexity index is 901. The molecule has 0 radical (unpaired) electrons. The number of halogens is 2. The second-order valence-corrected chi connectivity index (χ2v) is 5.67. The number of ether oxygens (including phenoxy) is 1. The maximum atomic E-state index is 13.8. The molecule has 134 valence electrons. The van der Waals surface area contributed by atoms with Crippen LogP contribution in [0.5, 0.6) is 5.75 Å². The van der Waals surface area contributed by atoms with E-state index in [2.05, 4.69) is 20.6 Å². The van der Waals surface area contributed by atoms with Gasteiger partial charge in [0.25, 0.3) is 0 Å². The van der Waals surface area contributed by atoms with Crippen molar-refractivity contribution in [3.8, 4) is 5.75 Å². The Labute approximate surface area is 150 Å². The molecule has 0 atom stereocenters. The van der Waals surface area contributed by atoms with Crippen LogP contribution in [0.15, 0.2) is 48.5 Å². The minimum atomic E-state index is -0.706. The predicted molar refractivity (Wildman–Crippen MR) is 96.7 cm³/mol. The van der Waals surface area contributed by atoms with Crippen molar-refractivity contribution < 1.29 is 13.5 Å². The lowest BCUT2D eigenvalue weighted by Crippen LogP contribution is -2.06. The highest BCUT2D eigenvalue weighted by atomic mass is 19.1. The Kier molecular flexibility index (Phi) is 5.26. The lowest BCUT2D eigenvalue weighted by atomic mass is 10.2. The van der Waals surface area contributed by atoms with E-state index in [-0.39, 0.29) is 11.6 Å². The molecule has 7 heteroatoms. The molecule has 5 nitrogen and oxygen atoms in total. The molecule has 26 heavy (non-hydrogen) atoms. The van der Waals surface area contributed by atoms with E-state index >= 15 is 0 Å². The van der Waals surface area contributed by atoms with E-state index in [0.717, 1.165) is 17.4 Å². The molecule has 0 saturated heterocycles. The van der Waals surface area contributed by atoms with Crippen molar-refractivity contribution in [2.45, 2.75) is 13.5 Å². The maximum absolute atomic E-state index is 13.8. The molecule has 0 aliphatic heterocycles. The van der Waals surface area contributed by atoms with Crippen molar-refractivity contribution in [1.82, 2.24) is 9.97 Å². The van der Waals surface area contributed by atoms with E-state index in [1.165, 1.54) is 12.1 Å². The van der Waals surface area contributed by atoms with Crippen LogP contribution in [-0.2, 0) is 6.54 Å². The second kappa shape index (κ2) is 7.77. The first-order chi connectivity index (χ1) is 12.5. The SMILES string of the molecule is COc1ccc(CNc2cc(C)nc(Nc3ccc(F)cc3F)n2)cc1. The molecule has 1 aromatic heterocycles. The summed E-state index contributed by atoms with van der Waals surface area (Å²) in [5.74, 6) is 0.272. The number of aromatic nitrogens is 2. The first-order valence-electron chi connectivity index (χ1n) is 7.98. The third-order valence-corrected chi connectivity index (χ3v) is 3.66. The molecule has 0 unspecified atom stereocenters. The van der Waals surface area contributed by atoms with Crippen LogP contribution in [0.2, 0.25) is 0 Å². The van der Waals surface area contributed by atoms with E-state index in [4.69, 9.17) is 4.74 Å². The van der Waals surface area contributed by atoms with Crippen LogP contribution in [0, 0.1) is 18.6 Å². The molecule has 0 fully saturated rings. The van der Waals surface area contributed by atoms with Crippen molar-refractivity contribution >= 4 is 17.5 Å². The van der Waals surface area contributed by atoms with Crippen molar-refractivity contribution in [1.29, 1.82) is 0 Å². The number of aryl methyl sites for hydroxylation is 1. The molecule has 0 spiro atoms. The van der Waals surface area contributed by atoms with E-state index < -0.39 is 11.6 Å². The van der Waals surface area contributed by atoms with Crippen LogP contribution >= 0.6 is 0 Å². The summed E-state index contributed by atoms with van der Waals surface area (Å²) in [7, 11) is 1.62. The Morgan fingerprint density at radius 2 is 1.77 bits per heavy atom. The summed E-state index contributed by atoms with van der Waals surface area (Å²) >= 11 is 0. The van der Waals surface area contributed by atoms with Crippen molar-refractivity contribution in [2.24, 2.45) is 0 Å². The number of benzene rings is 2. The molecule has 2 N–H and O–H groups in total. The molecule has 0 bridgehead atoms. The quantitative estimate of drug-likeness (QED) is 0.684. The second-order valence-electron chi connectivity index (χ2n) is 5.67. The van der Waals surface area contributed by atoms with Crippen LogP contribution in [-0.4, -0.2) is 17.1 Å². The minimum absolute atomic E-state index is 0.109. The van der Waals surface area contributed by atoms with Crippen LogP contribution in [0.4, 0.5) is 26.2 Å². The number of hydrogen-bond acceptors (Lipinski definition) is 5. The van der Waals surface area contributed by atoms with E-state index in [9.17, 15) is 8.78 Å². The first-order valence-corrected chi connectivity index (χ1v) is 7.98. The van der Waals surface area contributed by atoms with Gasteiger partial charge in [-0.2, -0.15) is 4.98 Å². The summed E-state index contributed by atoms with van der Waals surface area (Å²) in [6.45, 7) is 2.37. The predicted octanol–water partition coefficient (Wildman–Crippen LogP) is 4.43. The Balaban J connectivity index is 1.72. The van der Waals surface area contributed by atoms with Crippen molar-refractivity contribution in [2.75, 3.05) is 17.7 Å². The van der Waals surface area contributed by atoms with Crippen LogP contribution in [0.25, 0.3) is 0 Å². The average molecular weight is 356 g/mol. The van der Waals surface area contributed by atoms with Gasteiger partial charge in [0.2, 0.25) is 5.95 Å². The molecule has 3 aromatic rings.